The summed E-state index contributed by atoms with van der Waals surface area (Å²) in [7, 11) is 0. The van der Waals surface area contributed by atoms with Crippen LogP contribution in [-0.2, 0) is 11.3 Å². The van der Waals surface area contributed by atoms with E-state index in [0.717, 1.165) is 0 Å². The first kappa shape index (κ1) is 11.9. The number of aromatic nitrogens is 8. The second kappa shape index (κ2) is 5.22. The molecule has 0 aromatic carbocycles. The van der Waals surface area contributed by atoms with Crippen LogP contribution in [0.4, 0.5) is 5.82 Å². The standard InChI is InChI=1S/C10H9N9O/c20-10(5-18-7-13-16-17-18)15-8-4-9(12-6-11-8)19-3-1-2-14-19/h1-4,6-7H,5H2,(H,11,12,15,20). The number of nitrogens with one attached hydrogen (secondary N) is 1. The minimum absolute atomic E-state index is 0.00804. The molecule has 10 nitrogen and oxygen atoms in total. The Balaban J connectivity index is 1.71. The van der Waals surface area contributed by atoms with Crippen LogP contribution in [0.15, 0.2) is 37.2 Å². The van der Waals surface area contributed by atoms with Gasteiger partial charge < -0.3 is 5.32 Å². The Kier molecular flexibility index (Phi) is 3.10. The summed E-state index contributed by atoms with van der Waals surface area (Å²) < 4.78 is 2.88. The van der Waals surface area contributed by atoms with Crippen LogP contribution in [0.25, 0.3) is 5.82 Å². The average Bonchev–Trinajstić information content (AvgIpc) is 3.11. The molecule has 0 saturated heterocycles. The highest BCUT2D eigenvalue weighted by molar-refractivity contribution is 5.89. The molecule has 20 heavy (non-hydrogen) atoms. The molecule has 0 atom stereocenters. The van der Waals surface area contributed by atoms with Crippen molar-refractivity contribution in [2.24, 2.45) is 0 Å². The fourth-order valence-corrected chi connectivity index (χ4v) is 1.53. The highest BCUT2D eigenvalue weighted by Gasteiger charge is 2.07. The number of hydrogen-bond acceptors (Lipinski definition) is 7. The van der Waals surface area contributed by atoms with E-state index in [4.69, 9.17) is 0 Å². The van der Waals surface area contributed by atoms with Gasteiger partial charge in [0.25, 0.3) is 0 Å². The van der Waals surface area contributed by atoms with E-state index in [0.29, 0.717) is 11.6 Å². The van der Waals surface area contributed by atoms with Gasteiger partial charge in [-0.25, -0.2) is 19.3 Å². The fourth-order valence-electron chi connectivity index (χ4n) is 1.53. The molecule has 1 amide bonds. The van der Waals surface area contributed by atoms with E-state index >= 15 is 0 Å². The van der Waals surface area contributed by atoms with E-state index in [1.165, 1.54) is 17.3 Å². The van der Waals surface area contributed by atoms with Crippen molar-refractivity contribution in [2.45, 2.75) is 6.54 Å². The molecular formula is C10H9N9O. The van der Waals surface area contributed by atoms with Gasteiger partial charge in [0.2, 0.25) is 5.91 Å². The Hall–Kier alpha value is -3.17. The van der Waals surface area contributed by atoms with E-state index < -0.39 is 0 Å². The molecule has 0 aliphatic rings. The molecule has 1 N–H and O–H groups in total. The van der Waals surface area contributed by atoms with Crippen molar-refractivity contribution >= 4 is 11.7 Å². The van der Waals surface area contributed by atoms with Crippen LogP contribution in [0.2, 0.25) is 0 Å². The molecule has 0 fully saturated rings. The van der Waals surface area contributed by atoms with Gasteiger partial charge in [0.1, 0.15) is 25.0 Å². The van der Waals surface area contributed by atoms with Crippen molar-refractivity contribution in [3.05, 3.63) is 37.2 Å². The quantitative estimate of drug-likeness (QED) is 0.666. The molecule has 0 bridgehead atoms. The van der Waals surface area contributed by atoms with Gasteiger partial charge in [-0.1, -0.05) is 0 Å². The molecule has 0 spiro atoms. The number of tetrazole rings is 1. The topological polar surface area (TPSA) is 116 Å². The normalized spacial score (nSPS) is 10.4. The number of amides is 1. The van der Waals surface area contributed by atoms with Crippen LogP contribution in [-0.4, -0.2) is 45.9 Å². The zero-order valence-electron chi connectivity index (χ0n) is 10.2. The predicted molar refractivity (Wildman–Crippen MR) is 65.6 cm³/mol. The average molecular weight is 271 g/mol. The maximum absolute atomic E-state index is 11.8. The van der Waals surface area contributed by atoms with E-state index in [1.807, 2.05) is 0 Å². The summed E-state index contributed by atoms with van der Waals surface area (Å²) in [4.78, 5) is 19.8. The Labute approximate surface area is 112 Å². The molecule has 3 aromatic heterocycles. The second-order valence-electron chi connectivity index (χ2n) is 3.77. The first-order valence-electron chi connectivity index (χ1n) is 5.64. The maximum atomic E-state index is 11.8. The Morgan fingerprint density at radius 2 is 2.30 bits per heavy atom. The van der Waals surface area contributed by atoms with Crippen molar-refractivity contribution < 1.29 is 4.79 Å². The van der Waals surface area contributed by atoms with Gasteiger partial charge in [-0.2, -0.15) is 5.10 Å². The third kappa shape index (κ3) is 2.63. The minimum Gasteiger partial charge on any atom is -0.309 e. The second-order valence-corrected chi connectivity index (χ2v) is 3.77. The Morgan fingerprint density at radius 1 is 1.35 bits per heavy atom. The molecule has 0 aliphatic carbocycles. The summed E-state index contributed by atoms with van der Waals surface area (Å²) in [6, 6.07) is 3.39. The summed E-state index contributed by atoms with van der Waals surface area (Å²) >= 11 is 0. The van der Waals surface area contributed by atoms with E-state index in [9.17, 15) is 4.79 Å². The number of nitrogens with zero attached hydrogens (tertiary/aromatic N) is 8. The van der Waals surface area contributed by atoms with Crippen LogP contribution < -0.4 is 5.32 Å². The molecular weight excluding hydrogens is 262 g/mol. The molecule has 3 rings (SSSR count). The first-order chi connectivity index (χ1) is 9.81. The molecule has 0 saturated carbocycles. The summed E-state index contributed by atoms with van der Waals surface area (Å²) in [5.74, 6) is 0.647. The summed E-state index contributed by atoms with van der Waals surface area (Å²) in [5.41, 5.74) is 0. The summed E-state index contributed by atoms with van der Waals surface area (Å²) in [6.07, 6.45) is 6.09. The molecule has 100 valence electrons. The molecule has 10 heteroatoms. The van der Waals surface area contributed by atoms with Crippen LogP contribution in [0, 0.1) is 0 Å². The lowest BCUT2D eigenvalue weighted by molar-refractivity contribution is -0.116. The largest absolute Gasteiger partial charge is 0.309 e. The highest BCUT2D eigenvalue weighted by atomic mass is 16.2. The van der Waals surface area contributed by atoms with Crippen molar-refractivity contribution in [1.29, 1.82) is 0 Å². The third-order valence-electron chi connectivity index (χ3n) is 2.36. The first-order valence-corrected chi connectivity index (χ1v) is 5.64. The zero-order chi connectivity index (χ0) is 13.8. The van der Waals surface area contributed by atoms with Crippen LogP contribution in [0.3, 0.4) is 0 Å². The van der Waals surface area contributed by atoms with Crippen molar-refractivity contribution in [2.75, 3.05) is 5.32 Å². The van der Waals surface area contributed by atoms with Crippen LogP contribution >= 0.6 is 0 Å². The minimum atomic E-state index is -0.289. The lowest BCUT2D eigenvalue weighted by Gasteiger charge is -2.05. The van der Waals surface area contributed by atoms with Crippen molar-refractivity contribution in [1.82, 2.24) is 40.0 Å². The maximum Gasteiger partial charge on any atom is 0.247 e. The molecule has 0 aliphatic heterocycles. The molecule has 0 radical (unpaired) electrons. The molecule has 3 aromatic rings. The lowest BCUT2D eigenvalue weighted by Crippen LogP contribution is -2.20. The number of rotatable bonds is 4. The van der Waals surface area contributed by atoms with E-state index in [1.54, 1.807) is 29.2 Å². The van der Waals surface area contributed by atoms with E-state index in [2.05, 4.69) is 35.9 Å². The van der Waals surface area contributed by atoms with Gasteiger partial charge in [0.05, 0.1) is 0 Å². The molecule has 0 unspecified atom stereocenters. The number of carbonyl (C=O) groups is 1. The monoisotopic (exact) mass is 271 g/mol. The number of carbonyl (C=O) groups excluding carboxylic acids is 1. The number of anilines is 1. The Morgan fingerprint density at radius 3 is 3.05 bits per heavy atom. The van der Waals surface area contributed by atoms with Gasteiger partial charge >= 0.3 is 0 Å². The van der Waals surface area contributed by atoms with Crippen molar-refractivity contribution in [3.8, 4) is 5.82 Å². The zero-order valence-corrected chi connectivity index (χ0v) is 10.2. The number of hydrogen-bond donors (Lipinski definition) is 1. The van der Waals surface area contributed by atoms with Gasteiger partial charge in [-0.3, -0.25) is 4.79 Å². The smallest absolute Gasteiger partial charge is 0.247 e. The fraction of sp³-hybridized carbons (Fsp3) is 0.100. The predicted octanol–water partition coefficient (Wildman–Crippen LogP) is -0.713. The van der Waals surface area contributed by atoms with Gasteiger partial charge in [-0.15, -0.1) is 5.10 Å². The van der Waals surface area contributed by atoms with Gasteiger partial charge in [0.15, 0.2) is 5.82 Å². The lowest BCUT2D eigenvalue weighted by atomic mass is 10.5. The van der Waals surface area contributed by atoms with Gasteiger partial charge in [0, 0.05) is 18.5 Å². The molecule has 3 heterocycles. The van der Waals surface area contributed by atoms with Crippen LogP contribution in [0.1, 0.15) is 0 Å². The highest BCUT2D eigenvalue weighted by Crippen LogP contribution is 2.07. The Bertz CT molecular complexity index is 691. The SMILES string of the molecule is O=C(Cn1cnnn1)Nc1cc(-n2cccn2)ncn1. The van der Waals surface area contributed by atoms with Crippen LogP contribution in [0.5, 0.6) is 0 Å². The third-order valence-corrected chi connectivity index (χ3v) is 2.36. The summed E-state index contributed by atoms with van der Waals surface area (Å²) in [6.45, 7) is 0.00804. The van der Waals surface area contributed by atoms with Crippen molar-refractivity contribution in [3.63, 3.8) is 0 Å². The summed E-state index contributed by atoms with van der Waals surface area (Å²) in [5, 5.41) is 17.2. The van der Waals surface area contributed by atoms with Gasteiger partial charge in [-0.05, 0) is 16.5 Å². The van der Waals surface area contributed by atoms with E-state index in [-0.39, 0.29) is 12.5 Å².